The molecule has 4 heteroatoms. The van der Waals surface area contributed by atoms with Gasteiger partial charge in [0, 0.05) is 24.4 Å². The maximum Gasteiger partial charge on any atom is 0.158 e. The van der Waals surface area contributed by atoms with E-state index in [4.69, 9.17) is 4.74 Å². The third-order valence-electron chi connectivity index (χ3n) is 3.64. The van der Waals surface area contributed by atoms with Gasteiger partial charge in [-0.05, 0) is 30.7 Å². The fourth-order valence-corrected chi connectivity index (χ4v) is 3.52. The Labute approximate surface area is 141 Å². The Morgan fingerprint density at radius 1 is 1.13 bits per heavy atom. The quantitative estimate of drug-likeness (QED) is 0.578. The van der Waals surface area contributed by atoms with E-state index in [2.05, 4.69) is 17.0 Å². The summed E-state index contributed by atoms with van der Waals surface area (Å²) in [5.74, 6) is 0.989. The van der Waals surface area contributed by atoms with Gasteiger partial charge < -0.3 is 9.64 Å². The highest BCUT2D eigenvalue weighted by Crippen LogP contribution is 2.44. The van der Waals surface area contributed by atoms with Crippen molar-refractivity contribution in [1.29, 1.82) is 0 Å². The fourth-order valence-electron chi connectivity index (χ4n) is 2.41. The number of rotatable bonds is 6. The number of hydrogen-bond acceptors (Lipinski definition) is 4. The largest absolute Gasteiger partial charge is 0.494 e. The molecule has 0 spiro atoms. The van der Waals surface area contributed by atoms with Crippen LogP contribution < -0.4 is 9.64 Å². The van der Waals surface area contributed by atoms with Crippen LogP contribution in [0.3, 0.4) is 0 Å². The molecule has 0 aromatic heterocycles. The summed E-state index contributed by atoms with van der Waals surface area (Å²) >= 11 is 1.64. The standard InChI is InChI=1S/C19H19NO2S/c1-20-17-11-5-6-12-18(17)23-19(20)14-15(21)8-7-13-22-16-9-3-2-4-10-16/h2-6,9-12,14H,7-8,13H2,1H3/b19-14-. The van der Waals surface area contributed by atoms with Crippen LogP contribution in [0.5, 0.6) is 5.75 Å². The van der Waals surface area contributed by atoms with E-state index in [1.807, 2.05) is 49.5 Å². The summed E-state index contributed by atoms with van der Waals surface area (Å²) in [5, 5.41) is 0.986. The first-order valence-electron chi connectivity index (χ1n) is 7.67. The summed E-state index contributed by atoms with van der Waals surface area (Å²) in [6.45, 7) is 0.558. The maximum atomic E-state index is 12.1. The third-order valence-corrected chi connectivity index (χ3v) is 4.80. The van der Waals surface area contributed by atoms with E-state index < -0.39 is 0 Å². The van der Waals surface area contributed by atoms with E-state index in [1.165, 1.54) is 4.90 Å². The van der Waals surface area contributed by atoms with E-state index in [1.54, 1.807) is 17.8 Å². The van der Waals surface area contributed by atoms with Gasteiger partial charge in [-0.15, -0.1) is 0 Å². The molecule has 1 heterocycles. The number of ketones is 1. The van der Waals surface area contributed by atoms with E-state index in [9.17, 15) is 4.79 Å². The van der Waals surface area contributed by atoms with Crippen molar-refractivity contribution in [3.05, 3.63) is 65.7 Å². The zero-order chi connectivity index (χ0) is 16.1. The van der Waals surface area contributed by atoms with Crippen LogP contribution in [0.4, 0.5) is 5.69 Å². The van der Waals surface area contributed by atoms with Crippen LogP contribution >= 0.6 is 11.8 Å². The number of carbonyl (C=O) groups is 1. The molecule has 3 nitrogen and oxygen atoms in total. The fraction of sp³-hybridized carbons (Fsp3) is 0.211. The average Bonchev–Trinajstić information content (AvgIpc) is 2.89. The topological polar surface area (TPSA) is 29.5 Å². The summed E-state index contributed by atoms with van der Waals surface area (Å²) in [6, 6.07) is 17.9. The summed E-state index contributed by atoms with van der Waals surface area (Å²) < 4.78 is 5.61. The highest BCUT2D eigenvalue weighted by Gasteiger charge is 2.21. The Morgan fingerprint density at radius 2 is 1.87 bits per heavy atom. The van der Waals surface area contributed by atoms with Crippen molar-refractivity contribution in [3.8, 4) is 5.75 Å². The minimum absolute atomic E-state index is 0.142. The first-order valence-corrected chi connectivity index (χ1v) is 8.49. The van der Waals surface area contributed by atoms with Crippen molar-refractivity contribution in [2.75, 3.05) is 18.6 Å². The molecule has 0 amide bonds. The zero-order valence-corrected chi connectivity index (χ0v) is 13.9. The first kappa shape index (κ1) is 15.7. The van der Waals surface area contributed by atoms with Gasteiger partial charge in [0.05, 0.1) is 17.3 Å². The average molecular weight is 325 g/mol. The molecule has 2 aromatic rings. The molecule has 0 N–H and O–H groups in total. The van der Waals surface area contributed by atoms with Crippen LogP contribution in [-0.2, 0) is 4.79 Å². The molecule has 0 aliphatic carbocycles. The predicted octanol–water partition coefficient (Wildman–Crippen LogP) is 4.50. The van der Waals surface area contributed by atoms with Crippen LogP contribution in [-0.4, -0.2) is 19.4 Å². The lowest BCUT2D eigenvalue weighted by Crippen LogP contribution is -2.11. The summed E-state index contributed by atoms with van der Waals surface area (Å²) in [7, 11) is 2.00. The molecule has 1 aliphatic heterocycles. The molecule has 0 fully saturated rings. The van der Waals surface area contributed by atoms with Crippen molar-refractivity contribution in [2.24, 2.45) is 0 Å². The van der Waals surface area contributed by atoms with Crippen molar-refractivity contribution in [1.82, 2.24) is 0 Å². The second-order valence-corrected chi connectivity index (χ2v) is 6.40. The molecule has 23 heavy (non-hydrogen) atoms. The number of hydrogen-bond donors (Lipinski definition) is 0. The lowest BCUT2D eigenvalue weighted by molar-refractivity contribution is -0.114. The highest BCUT2D eigenvalue weighted by molar-refractivity contribution is 8.03. The molecule has 118 valence electrons. The number of allylic oxidation sites excluding steroid dienone is 1. The van der Waals surface area contributed by atoms with Gasteiger partial charge in [0.1, 0.15) is 5.75 Å². The van der Waals surface area contributed by atoms with Gasteiger partial charge in [-0.2, -0.15) is 0 Å². The van der Waals surface area contributed by atoms with Gasteiger partial charge in [-0.3, -0.25) is 4.79 Å². The van der Waals surface area contributed by atoms with Crippen LogP contribution in [0.1, 0.15) is 12.8 Å². The molecule has 3 rings (SSSR count). The number of benzene rings is 2. The number of thioether (sulfide) groups is 1. The summed E-state index contributed by atoms with van der Waals surface area (Å²) in [6.07, 6.45) is 2.97. The van der Waals surface area contributed by atoms with Gasteiger partial charge >= 0.3 is 0 Å². The Hall–Kier alpha value is -2.20. The van der Waals surface area contributed by atoms with Crippen LogP contribution in [0, 0.1) is 0 Å². The second kappa shape index (κ2) is 7.38. The number of ether oxygens (including phenoxy) is 1. The minimum atomic E-state index is 0.142. The third kappa shape index (κ3) is 3.96. The SMILES string of the molecule is CN1/C(=C/C(=O)CCCOc2ccccc2)Sc2ccccc21. The lowest BCUT2D eigenvalue weighted by atomic mass is 10.2. The van der Waals surface area contributed by atoms with E-state index >= 15 is 0 Å². The molecular weight excluding hydrogens is 306 g/mol. The Bertz CT molecular complexity index is 712. The second-order valence-electron chi connectivity index (χ2n) is 5.34. The molecule has 0 bridgehead atoms. The lowest BCUT2D eigenvalue weighted by Gasteiger charge is -2.12. The highest BCUT2D eigenvalue weighted by atomic mass is 32.2. The van der Waals surface area contributed by atoms with Gasteiger partial charge in [-0.25, -0.2) is 0 Å². The van der Waals surface area contributed by atoms with E-state index in [0.717, 1.165) is 22.9 Å². The molecule has 2 aromatic carbocycles. The number of nitrogens with zero attached hydrogens (tertiary/aromatic N) is 1. The van der Waals surface area contributed by atoms with Crippen LogP contribution in [0.15, 0.2) is 70.6 Å². The van der Waals surface area contributed by atoms with E-state index in [0.29, 0.717) is 13.0 Å². The van der Waals surface area contributed by atoms with Gasteiger partial charge in [0.25, 0.3) is 0 Å². The Morgan fingerprint density at radius 3 is 2.65 bits per heavy atom. The smallest absolute Gasteiger partial charge is 0.158 e. The Balaban J connectivity index is 1.48. The number of carbonyl (C=O) groups excluding carboxylic acids is 1. The minimum Gasteiger partial charge on any atom is -0.494 e. The molecule has 0 saturated carbocycles. The molecule has 0 radical (unpaired) electrons. The zero-order valence-electron chi connectivity index (χ0n) is 13.1. The van der Waals surface area contributed by atoms with Crippen molar-refractivity contribution in [2.45, 2.75) is 17.7 Å². The van der Waals surface area contributed by atoms with Gasteiger partial charge in [-0.1, -0.05) is 42.1 Å². The molecule has 0 unspecified atom stereocenters. The van der Waals surface area contributed by atoms with E-state index in [-0.39, 0.29) is 5.78 Å². The Kier molecular flexibility index (Phi) is 5.03. The molecule has 0 atom stereocenters. The monoisotopic (exact) mass is 325 g/mol. The van der Waals surface area contributed by atoms with Crippen LogP contribution in [0.2, 0.25) is 0 Å². The first-order chi connectivity index (χ1) is 11.2. The predicted molar refractivity (Wildman–Crippen MR) is 95.0 cm³/mol. The van der Waals surface area contributed by atoms with Crippen molar-refractivity contribution in [3.63, 3.8) is 0 Å². The summed E-state index contributed by atoms with van der Waals surface area (Å²) in [5.41, 5.74) is 1.16. The van der Waals surface area contributed by atoms with Crippen LogP contribution in [0.25, 0.3) is 0 Å². The molecular formula is C19H19NO2S. The maximum absolute atomic E-state index is 12.1. The number of fused-ring (bicyclic) bond motifs is 1. The molecule has 0 saturated heterocycles. The number of anilines is 1. The van der Waals surface area contributed by atoms with Gasteiger partial charge in [0.15, 0.2) is 5.78 Å². The van der Waals surface area contributed by atoms with Crippen molar-refractivity contribution >= 4 is 23.2 Å². The molecule has 1 aliphatic rings. The van der Waals surface area contributed by atoms with Crippen molar-refractivity contribution < 1.29 is 9.53 Å². The number of para-hydroxylation sites is 2. The van der Waals surface area contributed by atoms with Gasteiger partial charge in [0.2, 0.25) is 0 Å². The normalized spacial score (nSPS) is 14.8. The summed E-state index contributed by atoms with van der Waals surface area (Å²) in [4.78, 5) is 15.4.